The van der Waals surface area contributed by atoms with E-state index in [9.17, 15) is 17.6 Å². The van der Waals surface area contributed by atoms with Gasteiger partial charge in [-0.3, -0.25) is 4.90 Å². The predicted octanol–water partition coefficient (Wildman–Crippen LogP) is 3.93. The van der Waals surface area contributed by atoms with E-state index >= 15 is 0 Å². The van der Waals surface area contributed by atoms with Crippen molar-refractivity contribution < 1.29 is 26.7 Å². The van der Waals surface area contributed by atoms with Gasteiger partial charge in [0, 0.05) is 26.2 Å². The van der Waals surface area contributed by atoms with Gasteiger partial charge in [0.1, 0.15) is 11.5 Å². The Morgan fingerprint density at radius 1 is 1.08 bits per heavy atom. The summed E-state index contributed by atoms with van der Waals surface area (Å²) in [4.78, 5) is 2.21. The van der Waals surface area contributed by atoms with Gasteiger partial charge in [0.05, 0.1) is 12.3 Å². The zero-order chi connectivity index (χ0) is 17.9. The minimum atomic E-state index is -4.51. The van der Waals surface area contributed by atoms with E-state index in [0.717, 1.165) is 37.5 Å². The van der Waals surface area contributed by atoms with E-state index < -0.39 is 12.5 Å². The highest BCUT2D eigenvalue weighted by Gasteiger charge is 2.44. The lowest BCUT2D eigenvalue weighted by atomic mass is 10.0. The first kappa shape index (κ1) is 20.5. The molecule has 1 aliphatic heterocycles. The number of hydrogen-bond acceptors (Lipinski definition) is 4. The van der Waals surface area contributed by atoms with Crippen LogP contribution < -0.4 is 10.1 Å². The van der Waals surface area contributed by atoms with E-state index in [1.165, 1.54) is 12.1 Å². The van der Waals surface area contributed by atoms with Gasteiger partial charge in [0.2, 0.25) is 0 Å². The SMILES string of the molecule is Cl.FC(F)C(F)(F)Oc1ccc([C@@H](c2ccco2)N2CCNCC2)cc1. The zero-order valence-electron chi connectivity index (χ0n) is 13.7. The molecule has 26 heavy (non-hydrogen) atoms. The van der Waals surface area contributed by atoms with Crippen molar-refractivity contribution in [2.24, 2.45) is 0 Å². The van der Waals surface area contributed by atoms with E-state index in [0.29, 0.717) is 0 Å². The van der Waals surface area contributed by atoms with Crippen LogP contribution in [0.2, 0.25) is 0 Å². The molecule has 1 aliphatic rings. The molecule has 3 rings (SSSR count). The normalized spacial score (nSPS) is 17.0. The van der Waals surface area contributed by atoms with Crippen LogP contribution in [0.4, 0.5) is 17.6 Å². The first-order valence-corrected chi connectivity index (χ1v) is 7.90. The third-order valence-corrected chi connectivity index (χ3v) is 4.03. The number of piperazine rings is 1. The molecule has 1 atom stereocenters. The molecule has 2 aromatic rings. The Kier molecular flexibility index (Phi) is 6.91. The summed E-state index contributed by atoms with van der Waals surface area (Å²) in [5.41, 5.74) is 0.810. The van der Waals surface area contributed by atoms with Gasteiger partial charge in [0.25, 0.3) is 0 Å². The number of furan rings is 1. The number of ether oxygens (including phenoxy) is 1. The van der Waals surface area contributed by atoms with Gasteiger partial charge in [-0.05, 0) is 29.8 Å². The third kappa shape index (κ3) is 4.69. The van der Waals surface area contributed by atoms with Crippen molar-refractivity contribution >= 4 is 12.4 Å². The molecule has 9 heteroatoms. The molecule has 1 aromatic heterocycles. The lowest BCUT2D eigenvalue weighted by Crippen LogP contribution is -2.45. The molecule has 0 radical (unpaired) electrons. The van der Waals surface area contributed by atoms with Crippen molar-refractivity contribution in [1.29, 1.82) is 0 Å². The van der Waals surface area contributed by atoms with E-state index in [2.05, 4.69) is 15.0 Å². The zero-order valence-corrected chi connectivity index (χ0v) is 14.5. The second kappa shape index (κ2) is 8.75. The molecule has 0 aliphatic carbocycles. The maximum Gasteiger partial charge on any atom is 0.461 e. The standard InChI is InChI=1S/C17H18F4N2O2.ClH/c18-16(19)17(20,21)25-13-5-3-12(4-6-13)15(14-2-1-11-24-14)23-9-7-22-8-10-23;/h1-6,11,15-16,22H,7-10H2;1H/t15-;/m0./s1. The second-order valence-electron chi connectivity index (χ2n) is 5.74. The Morgan fingerprint density at radius 2 is 1.73 bits per heavy atom. The van der Waals surface area contributed by atoms with Crippen LogP contribution in [0.25, 0.3) is 0 Å². The number of hydrogen-bond donors (Lipinski definition) is 1. The number of rotatable bonds is 6. The molecule has 0 unspecified atom stereocenters. The van der Waals surface area contributed by atoms with Crippen LogP contribution in [0.3, 0.4) is 0 Å². The molecule has 2 heterocycles. The van der Waals surface area contributed by atoms with E-state index in [1.807, 2.05) is 6.07 Å². The van der Waals surface area contributed by atoms with Crippen LogP contribution >= 0.6 is 12.4 Å². The number of nitrogens with one attached hydrogen (secondary N) is 1. The topological polar surface area (TPSA) is 37.6 Å². The molecule has 0 spiro atoms. The molecular formula is C17H19ClF4N2O2. The van der Waals surface area contributed by atoms with E-state index in [1.54, 1.807) is 24.5 Å². The Morgan fingerprint density at radius 3 is 2.27 bits per heavy atom. The fourth-order valence-corrected chi connectivity index (χ4v) is 2.86. The number of nitrogens with zero attached hydrogens (tertiary/aromatic N) is 1. The van der Waals surface area contributed by atoms with Gasteiger partial charge >= 0.3 is 12.5 Å². The molecule has 1 aromatic carbocycles. The Balaban J connectivity index is 0.00000243. The molecule has 0 saturated carbocycles. The second-order valence-corrected chi connectivity index (χ2v) is 5.74. The Labute approximate surface area is 154 Å². The van der Waals surface area contributed by atoms with Gasteiger partial charge in [0.15, 0.2) is 0 Å². The largest absolute Gasteiger partial charge is 0.467 e. The van der Waals surface area contributed by atoms with Gasteiger partial charge < -0.3 is 14.5 Å². The maximum absolute atomic E-state index is 13.0. The molecular weight excluding hydrogens is 376 g/mol. The predicted molar refractivity (Wildman–Crippen MR) is 90.3 cm³/mol. The highest BCUT2D eigenvalue weighted by Crippen LogP contribution is 2.32. The molecule has 1 fully saturated rings. The van der Waals surface area contributed by atoms with Crippen LogP contribution in [-0.2, 0) is 0 Å². The number of benzene rings is 1. The molecule has 1 saturated heterocycles. The molecule has 144 valence electrons. The van der Waals surface area contributed by atoms with Crippen LogP contribution in [-0.4, -0.2) is 43.6 Å². The van der Waals surface area contributed by atoms with Crippen molar-refractivity contribution in [2.45, 2.75) is 18.6 Å². The summed E-state index contributed by atoms with van der Waals surface area (Å²) < 4.78 is 60.1. The average molecular weight is 395 g/mol. The summed E-state index contributed by atoms with van der Waals surface area (Å²) in [5, 5.41) is 3.27. The Hall–Kier alpha value is -1.77. The quantitative estimate of drug-likeness (QED) is 0.753. The fraction of sp³-hybridized carbons (Fsp3) is 0.412. The van der Waals surface area contributed by atoms with Crippen molar-refractivity contribution in [3.05, 3.63) is 54.0 Å². The third-order valence-electron chi connectivity index (χ3n) is 4.03. The van der Waals surface area contributed by atoms with Crippen molar-refractivity contribution in [2.75, 3.05) is 26.2 Å². The fourth-order valence-electron chi connectivity index (χ4n) is 2.86. The number of halogens is 5. The summed E-state index contributed by atoms with van der Waals surface area (Å²) in [6, 6.07) is 9.17. The minimum absolute atomic E-state index is 0. The summed E-state index contributed by atoms with van der Waals surface area (Å²) >= 11 is 0. The summed E-state index contributed by atoms with van der Waals surface area (Å²) in [7, 11) is 0. The smallest absolute Gasteiger partial charge is 0.461 e. The van der Waals surface area contributed by atoms with Crippen molar-refractivity contribution in [3.63, 3.8) is 0 Å². The number of alkyl halides is 4. The van der Waals surface area contributed by atoms with Crippen LogP contribution in [0.15, 0.2) is 47.1 Å². The maximum atomic E-state index is 13.0. The van der Waals surface area contributed by atoms with Crippen molar-refractivity contribution in [3.8, 4) is 5.75 Å². The first-order valence-electron chi connectivity index (χ1n) is 7.90. The molecule has 0 bridgehead atoms. The lowest BCUT2D eigenvalue weighted by molar-refractivity contribution is -0.253. The minimum Gasteiger partial charge on any atom is -0.467 e. The van der Waals surface area contributed by atoms with E-state index in [4.69, 9.17) is 4.42 Å². The van der Waals surface area contributed by atoms with Gasteiger partial charge in [-0.15, -0.1) is 12.4 Å². The van der Waals surface area contributed by atoms with E-state index in [-0.39, 0.29) is 24.2 Å². The average Bonchev–Trinajstić information content (AvgIpc) is 3.11. The van der Waals surface area contributed by atoms with Gasteiger partial charge in [-0.25, -0.2) is 0 Å². The Bertz CT molecular complexity index is 662. The summed E-state index contributed by atoms with van der Waals surface area (Å²) in [6.07, 6.45) is -6.82. The summed E-state index contributed by atoms with van der Waals surface area (Å²) in [6.45, 7) is 3.26. The molecule has 0 amide bonds. The molecule has 4 nitrogen and oxygen atoms in total. The molecule has 1 N–H and O–H groups in total. The van der Waals surface area contributed by atoms with Gasteiger partial charge in [-0.1, -0.05) is 12.1 Å². The monoisotopic (exact) mass is 394 g/mol. The lowest BCUT2D eigenvalue weighted by Gasteiger charge is -2.34. The van der Waals surface area contributed by atoms with Crippen molar-refractivity contribution in [1.82, 2.24) is 10.2 Å². The van der Waals surface area contributed by atoms with Crippen LogP contribution in [0, 0.1) is 0 Å². The van der Waals surface area contributed by atoms with Gasteiger partial charge in [-0.2, -0.15) is 17.6 Å². The first-order chi connectivity index (χ1) is 12.0. The highest BCUT2D eigenvalue weighted by atomic mass is 35.5. The van der Waals surface area contributed by atoms with Crippen LogP contribution in [0.5, 0.6) is 5.75 Å². The highest BCUT2D eigenvalue weighted by molar-refractivity contribution is 5.85. The van der Waals surface area contributed by atoms with Crippen LogP contribution in [0.1, 0.15) is 17.4 Å². The summed E-state index contributed by atoms with van der Waals surface area (Å²) in [5.74, 6) is 0.418.